The van der Waals surface area contributed by atoms with E-state index in [1.165, 1.54) is 103 Å². The van der Waals surface area contributed by atoms with Gasteiger partial charge in [0.15, 0.2) is 0 Å². The second-order valence-electron chi connectivity index (χ2n) is 17.1. The third-order valence-electron chi connectivity index (χ3n) is 10.1. The molecule has 59 heavy (non-hydrogen) atoms. The smallest absolute Gasteiger partial charge is 0.306 e. The molecule has 0 bridgehead atoms. The monoisotopic (exact) mass is 850 g/mol. The highest BCUT2D eigenvalue weighted by molar-refractivity contribution is 7.45. The number of esters is 1. The SMILES string of the molecule is CC/C=C\C/C=C\C/C=C\C/C=C\CCCCCCC(=O)OC(COCCCCCCCCCCCC/C=C\CCCCCCCC)COP(=O)([O-])OCC[N+](C)(C)C. The number of unbranched alkanes of at least 4 members (excludes halogenated alkanes) is 20. The molecule has 0 saturated heterocycles. The highest BCUT2D eigenvalue weighted by Gasteiger charge is 2.20. The number of ether oxygens (including phenoxy) is 2. The number of phosphoric acid groups is 1. The first kappa shape index (κ1) is 57.2. The Balaban J connectivity index is 4.22. The van der Waals surface area contributed by atoms with Crippen molar-refractivity contribution in [1.82, 2.24) is 0 Å². The lowest BCUT2D eigenvalue weighted by molar-refractivity contribution is -0.870. The van der Waals surface area contributed by atoms with Gasteiger partial charge in [-0.25, -0.2) is 0 Å². The van der Waals surface area contributed by atoms with Gasteiger partial charge in [-0.1, -0.05) is 171 Å². The van der Waals surface area contributed by atoms with Crippen LogP contribution in [-0.4, -0.2) is 70.7 Å². The van der Waals surface area contributed by atoms with Gasteiger partial charge in [0.2, 0.25) is 0 Å². The zero-order valence-corrected chi connectivity index (χ0v) is 39.8. The molecule has 0 spiro atoms. The molecule has 0 N–H and O–H groups in total. The molecule has 0 aromatic rings. The predicted molar refractivity (Wildman–Crippen MR) is 249 cm³/mol. The highest BCUT2D eigenvalue weighted by atomic mass is 31.2. The van der Waals surface area contributed by atoms with E-state index >= 15 is 0 Å². The van der Waals surface area contributed by atoms with E-state index in [9.17, 15) is 14.3 Å². The number of quaternary nitrogens is 1. The summed E-state index contributed by atoms with van der Waals surface area (Å²) in [6.07, 6.45) is 53.8. The van der Waals surface area contributed by atoms with E-state index in [4.69, 9.17) is 18.5 Å². The van der Waals surface area contributed by atoms with Gasteiger partial charge in [0.1, 0.15) is 19.3 Å². The van der Waals surface area contributed by atoms with E-state index in [0.29, 0.717) is 17.6 Å². The summed E-state index contributed by atoms with van der Waals surface area (Å²) in [7, 11) is 1.33. The van der Waals surface area contributed by atoms with E-state index in [1.54, 1.807) is 0 Å². The zero-order chi connectivity index (χ0) is 43.4. The van der Waals surface area contributed by atoms with Crippen molar-refractivity contribution in [2.24, 2.45) is 0 Å². The van der Waals surface area contributed by atoms with Gasteiger partial charge in [-0.05, 0) is 77.0 Å². The van der Waals surface area contributed by atoms with E-state index < -0.39 is 13.9 Å². The minimum Gasteiger partial charge on any atom is -0.756 e. The Bertz CT molecular complexity index is 1130. The van der Waals surface area contributed by atoms with Gasteiger partial charge in [-0.2, -0.15) is 0 Å². The van der Waals surface area contributed by atoms with Crippen LogP contribution < -0.4 is 4.89 Å². The van der Waals surface area contributed by atoms with E-state index in [1.807, 2.05) is 21.1 Å². The highest BCUT2D eigenvalue weighted by Crippen LogP contribution is 2.38. The molecule has 2 atom stereocenters. The van der Waals surface area contributed by atoms with E-state index in [2.05, 4.69) is 74.6 Å². The summed E-state index contributed by atoms with van der Waals surface area (Å²) in [5.41, 5.74) is 0. The van der Waals surface area contributed by atoms with Crippen LogP contribution in [0.1, 0.15) is 194 Å². The molecule has 0 aromatic carbocycles. The normalized spacial score (nSPS) is 14.2. The molecule has 0 aliphatic carbocycles. The van der Waals surface area contributed by atoms with Gasteiger partial charge in [0, 0.05) is 13.0 Å². The lowest BCUT2D eigenvalue weighted by Gasteiger charge is -2.28. The summed E-state index contributed by atoms with van der Waals surface area (Å²) < 4.78 is 34.7. The van der Waals surface area contributed by atoms with Crippen LogP contribution in [0.4, 0.5) is 0 Å². The lowest BCUT2D eigenvalue weighted by Crippen LogP contribution is -2.37. The van der Waals surface area contributed by atoms with Gasteiger partial charge in [0.25, 0.3) is 7.82 Å². The first-order chi connectivity index (χ1) is 28.6. The second-order valence-corrected chi connectivity index (χ2v) is 18.5. The zero-order valence-electron chi connectivity index (χ0n) is 38.9. The molecule has 0 aromatic heterocycles. The number of phosphoric ester groups is 1. The van der Waals surface area contributed by atoms with Gasteiger partial charge in [-0.3, -0.25) is 9.36 Å². The van der Waals surface area contributed by atoms with Gasteiger partial charge < -0.3 is 27.9 Å². The predicted octanol–water partition coefficient (Wildman–Crippen LogP) is 13.9. The second kappa shape index (κ2) is 42.9. The topological polar surface area (TPSA) is 94.1 Å². The average Bonchev–Trinajstić information content (AvgIpc) is 3.19. The Morgan fingerprint density at radius 3 is 1.49 bits per heavy atom. The first-order valence-corrected chi connectivity index (χ1v) is 25.5. The van der Waals surface area contributed by atoms with Crippen LogP contribution in [0.2, 0.25) is 0 Å². The van der Waals surface area contributed by atoms with Crippen LogP contribution >= 0.6 is 7.82 Å². The molecule has 8 nitrogen and oxygen atoms in total. The minimum atomic E-state index is -4.54. The Kier molecular flexibility index (Phi) is 41.6. The number of likely N-dealkylation sites (N-methyl/N-ethyl adjacent to an activating group) is 1. The number of allylic oxidation sites excluding steroid dienone is 10. The van der Waals surface area contributed by atoms with Crippen LogP contribution in [0.3, 0.4) is 0 Å². The van der Waals surface area contributed by atoms with Crippen molar-refractivity contribution in [3.05, 3.63) is 60.8 Å². The maximum Gasteiger partial charge on any atom is 0.306 e. The summed E-state index contributed by atoms with van der Waals surface area (Å²) in [6, 6.07) is 0. The molecule has 0 heterocycles. The number of carbonyl (C=O) groups excluding carboxylic acids is 1. The molecule has 0 radical (unpaired) electrons. The molecule has 0 rings (SSSR count). The Morgan fingerprint density at radius 2 is 0.983 bits per heavy atom. The van der Waals surface area contributed by atoms with Crippen molar-refractivity contribution in [2.45, 2.75) is 200 Å². The van der Waals surface area contributed by atoms with Crippen molar-refractivity contribution < 1.29 is 37.3 Å². The lowest BCUT2D eigenvalue weighted by atomic mass is 10.1. The fourth-order valence-electron chi connectivity index (χ4n) is 6.36. The summed E-state index contributed by atoms with van der Waals surface area (Å²) in [5, 5.41) is 0. The summed E-state index contributed by atoms with van der Waals surface area (Å²) in [4.78, 5) is 25.1. The summed E-state index contributed by atoms with van der Waals surface area (Å²) >= 11 is 0. The molecule has 0 aliphatic heterocycles. The van der Waals surface area contributed by atoms with Crippen LogP contribution in [0.15, 0.2) is 60.8 Å². The third kappa shape index (κ3) is 47.1. The Morgan fingerprint density at radius 1 is 0.542 bits per heavy atom. The molecule has 0 aliphatic rings. The fourth-order valence-corrected chi connectivity index (χ4v) is 7.08. The standard InChI is InChI=1S/C50H92NO7P/c1-6-8-10-12-14-16-18-20-22-24-25-26-28-30-32-34-36-38-40-42-45-55-47-49(48-57-59(53,54)56-46-44-51(3,4)5)58-50(52)43-41-39-37-35-33-31-29-27-23-21-19-17-15-13-11-9-7-2/h9,11,15,17,20-23,29,31,49H,6-8,10,12-14,16,18-19,24-28,30,32-48H2,1-5H3/b11-9-,17-15-,22-20-,23-21-,31-29-. The van der Waals surface area contributed by atoms with Crippen LogP contribution in [0.5, 0.6) is 0 Å². The average molecular weight is 850 g/mol. The Hall–Kier alpha value is -1.80. The van der Waals surface area contributed by atoms with Crippen molar-refractivity contribution in [3.63, 3.8) is 0 Å². The van der Waals surface area contributed by atoms with Crippen LogP contribution in [-0.2, 0) is 27.9 Å². The molecule has 2 unspecified atom stereocenters. The number of carbonyl (C=O) groups is 1. The molecular weight excluding hydrogens is 758 g/mol. The summed E-state index contributed by atoms with van der Waals surface area (Å²) in [5.74, 6) is -0.358. The molecule has 9 heteroatoms. The quantitative estimate of drug-likeness (QED) is 0.0198. The van der Waals surface area contributed by atoms with Crippen molar-refractivity contribution >= 4 is 13.8 Å². The third-order valence-corrected chi connectivity index (χ3v) is 11.0. The molecule has 0 fully saturated rings. The van der Waals surface area contributed by atoms with Gasteiger partial charge >= 0.3 is 5.97 Å². The largest absolute Gasteiger partial charge is 0.756 e. The van der Waals surface area contributed by atoms with Gasteiger partial charge in [0.05, 0.1) is 34.4 Å². The molecule has 0 amide bonds. The first-order valence-electron chi connectivity index (χ1n) is 24.0. The Labute approximate surface area is 364 Å². The maximum atomic E-state index is 12.7. The fraction of sp³-hybridized carbons (Fsp3) is 0.780. The number of hydrogen-bond acceptors (Lipinski definition) is 7. The number of hydrogen-bond donors (Lipinski definition) is 0. The van der Waals surface area contributed by atoms with Crippen molar-refractivity contribution in [1.29, 1.82) is 0 Å². The molecule has 344 valence electrons. The van der Waals surface area contributed by atoms with Crippen LogP contribution in [0.25, 0.3) is 0 Å². The van der Waals surface area contributed by atoms with Gasteiger partial charge in [-0.15, -0.1) is 0 Å². The van der Waals surface area contributed by atoms with Crippen molar-refractivity contribution in [3.8, 4) is 0 Å². The van der Waals surface area contributed by atoms with E-state index in [-0.39, 0.29) is 32.2 Å². The molecule has 0 saturated carbocycles. The molecular formula is C50H92NO7P. The van der Waals surface area contributed by atoms with Crippen molar-refractivity contribution in [2.75, 3.05) is 54.1 Å². The van der Waals surface area contributed by atoms with Crippen LogP contribution in [0, 0.1) is 0 Å². The number of nitrogens with zero attached hydrogens (tertiary/aromatic N) is 1. The summed E-state index contributed by atoms with van der Waals surface area (Å²) in [6.45, 7) is 5.26. The maximum absolute atomic E-state index is 12.7. The minimum absolute atomic E-state index is 0.0186. The van der Waals surface area contributed by atoms with E-state index in [0.717, 1.165) is 70.6 Å². The number of rotatable bonds is 44.